The Kier molecular flexibility index (Phi) is 5.12. The molecule has 0 saturated carbocycles. The number of benzene rings is 2. The highest BCUT2D eigenvalue weighted by Crippen LogP contribution is 2.25. The lowest BCUT2D eigenvalue weighted by Gasteiger charge is -2.13. The van der Waals surface area contributed by atoms with Gasteiger partial charge < -0.3 is 9.84 Å². The molecule has 2 aromatic rings. The molecule has 0 radical (unpaired) electrons. The molecule has 0 aromatic heterocycles. The third-order valence-corrected chi connectivity index (χ3v) is 3.60. The summed E-state index contributed by atoms with van der Waals surface area (Å²) in [7, 11) is 1.57. The van der Waals surface area contributed by atoms with Gasteiger partial charge in [-0.15, -0.1) is 0 Å². The average Bonchev–Trinajstić information content (AvgIpc) is 2.59. The zero-order valence-electron chi connectivity index (χ0n) is 12.9. The zero-order chi connectivity index (χ0) is 16.1. The highest BCUT2D eigenvalue weighted by molar-refractivity contribution is 6.00. The number of Topliss-reactive ketones (excluding diaryl/α,β-unsaturated/α-hetero) is 1. The van der Waals surface area contributed by atoms with Gasteiger partial charge in [0, 0.05) is 5.56 Å². The molecule has 1 atom stereocenters. The summed E-state index contributed by atoms with van der Waals surface area (Å²) in [6.45, 7) is 5.70. The maximum atomic E-state index is 12.5. The van der Waals surface area contributed by atoms with Crippen molar-refractivity contribution >= 4 is 11.9 Å². The van der Waals surface area contributed by atoms with E-state index in [2.05, 4.69) is 6.58 Å². The number of methoxy groups -OCH3 is 1. The maximum absolute atomic E-state index is 12.5. The van der Waals surface area contributed by atoms with Gasteiger partial charge in [-0.25, -0.2) is 0 Å². The predicted molar refractivity (Wildman–Crippen MR) is 88.2 cm³/mol. The first kappa shape index (κ1) is 16.0. The largest absolute Gasteiger partial charge is 0.497 e. The predicted octanol–water partition coefficient (Wildman–Crippen LogP) is 3.82. The molecule has 0 fully saturated rings. The zero-order valence-corrected chi connectivity index (χ0v) is 12.9. The highest BCUT2D eigenvalue weighted by atomic mass is 16.5. The molecule has 1 N–H and O–H groups in total. The third kappa shape index (κ3) is 3.43. The number of rotatable bonds is 6. The van der Waals surface area contributed by atoms with E-state index in [1.54, 1.807) is 37.5 Å². The Morgan fingerprint density at radius 2 is 2.09 bits per heavy atom. The van der Waals surface area contributed by atoms with Gasteiger partial charge in [0.25, 0.3) is 0 Å². The van der Waals surface area contributed by atoms with E-state index in [4.69, 9.17) is 4.74 Å². The molecule has 0 saturated heterocycles. The number of ketones is 1. The van der Waals surface area contributed by atoms with E-state index in [0.29, 0.717) is 16.9 Å². The van der Waals surface area contributed by atoms with Crippen molar-refractivity contribution < 1.29 is 14.6 Å². The van der Waals surface area contributed by atoms with E-state index < -0.39 is 6.10 Å². The van der Waals surface area contributed by atoms with Gasteiger partial charge in [-0.2, -0.15) is 0 Å². The van der Waals surface area contributed by atoms with Crippen LogP contribution in [-0.2, 0) is 6.42 Å². The van der Waals surface area contributed by atoms with Crippen molar-refractivity contribution in [2.75, 3.05) is 7.11 Å². The molecule has 2 aromatic carbocycles. The summed E-state index contributed by atoms with van der Waals surface area (Å²) in [5, 5.41) is 10.4. The molecular weight excluding hydrogens is 276 g/mol. The van der Waals surface area contributed by atoms with E-state index in [9.17, 15) is 9.90 Å². The van der Waals surface area contributed by atoms with Crippen molar-refractivity contribution in [3.05, 3.63) is 71.3 Å². The maximum Gasteiger partial charge on any atom is 0.195 e. The van der Waals surface area contributed by atoms with Gasteiger partial charge in [0.15, 0.2) is 5.78 Å². The molecule has 0 heterocycles. The standard InChI is InChI=1S/C19H20O3/c1-4-13-7-6-8-15(9-13)18(20)19(21)16-10-14(5-2)11-17(12-16)22-3/h4,6-12,19,21H,1,5H2,2-3H3. The molecule has 0 bridgehead atoms. The lowest BCUT2D eigenvalue weighted by molar-refractivity contribution is 0.0747. The summed E-state index contributed by atoms with van der Waals surface area (Å²) < 4.78 is 5.23. The lowest BCUT2D eigenvalue weighted by Crippen LogP contribution is -2.13. The minimum Gasteiger partial charge on any atom is -0.497 e. The van der Waals surface area contributed by atoms with Crippen molar-refractivity contribution in [1.82, 2.24) is 0 Å². The van der Waals surface area contributed by atoms with Crippen molar-refractivity contribution in [1.29, 1.82) is 0 Å². The second kappa shape index (κ2) is 7.05. The number of ether oxygens (including phenoxy) is 1. The third-order valence-electron chi connectivity index (χ3n) is 3.60. The molecule has 22 heavy (non-hydrogen) atoms. The highest BCUT2D eigenvalue weighted by Gasteiger charge is 2.20. The minimum atomic E-state index is -1.21. The minimum absolute atomic E-state index is 0.334. The normalized spacial score (nSPS) is 11.8. The second-order valence-corrected chi connectivity index (χ2v) is 5.06. The molecule has 0 aliphatic carbocycles. The van der Waals surface area contributed by atoms with Gasteiger partial charge in [-0.3, -0.25) is 4.79 Å². The first-order valence-corrected chi connectivity index (χ1v) is 7.21. The van der Waals surface area contributed by atoms with Crippen LogP contribution in [-0.4, -0.2) is 18.0 Å². The molecule has 3 heteroatoms. The quantitative estimate of drug-likeness (QED) is 0.824. The first-order valence-electron chi connectivity index (χ1n) is 7.21. The fraction of sp³-hybridized carbons (Fsp3) is 0.211. The molecule has 1 unspecified atom stereocenters. The fourth-order valence-electron chi connectivity index (χ4n) is 2.29. The SMILES string of the molecule is C=Cc1cccc(C(=O)C(O)c2cc(CC)cc(OC)c2)c1. The number of hydrogen-bond donors (Lipinski definition) is 1. The molecule has 0 amide bonds. The summed E-state index contributed by atoms with van der Waals surface area (Å²) in [4.78, 5) is 12.5. The van der Waals surface area contributed by atoms with Crippen LogP contribution in [0.15, 0.2) is 49.0 Å². The second-order valence-electron chi connectivity index (χ2n) is 5.06. The van der Waals surface area contributed by atoms with E-state index in [1.165, 1.54) is 0 Å². The van der Waals surface area contributed by atoms with Crippen molar-refractivity contribution in [3.63, 3.8) is 0 Å². The van der Waals surface area contributed by atoms with Gasteiger partial charge >= 0.3 is 0 Å². The summed E-state index contributed by atoms with van der Waals surface area (Å²) in [6, 6.07) is 12.5. The number of carbonyl (C=O) groups is 1. The molecule has 3 nitrogen and oxygen atoms in total. The molecule has 0 spiro atoms. The molecular formula is C19H20O3. The average molecular weight is 296 g/mol. The van der Waals surface area contributed by atoms with Gasteiger partial charge in [0.2, 0.25) is 0 Å². The van der Waals surface area contributed by atoms with Crippen molar-refractivity contribution in [2.45, 2.75) is 19.4 Å². The van der Waals surface area contributed by atoms with Crippen LogP contribution in [0.3, 0.4) is 0 Å². The van der Waals surface area contributed by atoms with Crippen LogP contribution in [0.1, 0.15) is 40.1 Å². The van der Waals surface area contributed by atoms with Crippen LogP contribution >= 0.6 is 0 Å². The molecule has 0 aliphatic rings. The van der Waals surface area contributed by atoms with Gasteiger partial charge in [0.05, 0.1) is 7.11 Å². The molecule has 2 rings (SSSR count). The summed E-state index contributed by atoms with van der Waals surface area (Å²) in [6.07, 6.45) is 1.27. The lowest BCUT2D eigenvalue weighted by atomic mass is 9.96. The fourth-order valence-corrected chi connectivity index (χ4v) is 2.29. The Morgan fingerprint density at radius 3 is 2.73 bits per heavy atom. The van der Waals surface area contributed by atoms with E-state index in [-0.39, 0.29) is 5.78 Å². The Bertz CT molecular complexity index is 667. The summed E-state index contributed by atoms with van der Waals surface area (Å²) >= 11 is 0. The van der Waals surface area contributed by atoms with Crippen LogP contribution in [0, 0.1) is 0 Å². The summed E-state index contributed by atoms with van der Waals surface area (Å²) in [5.74, 6) is 0.306. The monoisotopic (exact) mass is 296 g/mol. The van der Waals surface area contributed by atoms with Gasteiger partial charge in [-0.05, 0) is 41.3 Å². The van der Waals surface area contributed by atoms with Crippen LogP contribution in [0.4, 0.5) is 0 Å². The molecule has 0 aliphatic heterocycles. The van der Waals surface area contributed by atoms with Gasteiger partial charge in [-0.1, -0.05) is 43.8 Å². The van der Waals surface area contributed by atoms with E-state index in [0.717, 1.165) is 17.5 Å². The van der Waals surface area contributed by atoms with Crippen LogP contribution in [0.25, 0.3) is 6.08 Å². The smallest absolute Gasteiger partial charge is 0.195 e. The Labute approximate surface area is 130 Å². The van der Waals surface area contributed by atoms with E-state index >= 15 is 0 Å². The topological polar surface area (TPSA) is 46.5 Å². The van der Waals surface area contributed by atoms with Crippen LogP contribution in [0.2, 0.25) is 0 Å². The van der Waals surface area contributed by atoms with Crippen LogP contribution in [0.5, 0.6) is 5.75 Å². The summed E-state index contributed by atoms with van der Waals surface area (Å²) in [5.41, 5.74) is 2.87. The van der Waals surface area contributed by atoms with Crippen molar-refractivity contribution in [3.8, 4) is 5.75 Å². The van der Waals surface area contributed by atoms with Crippen LogP contribution < -0.4 is 4.74 Å². The van der Waals surface area contributed by atoms with Crippen molar-refractivity contribution in [2.24, 2.45) is 0 Å². The van der Waals surface area contributed by atoms with Gasteiger partial charge in [0.1, 0.15) is 11.9 Å². The Hall–Kier alpha value is -2.39. The Balaban J connectivity index is 2.35. The molecule has 114 valence electrons. The Morgan fingerprint density at radius 1 is 1.32 bits per heavy atom. The number of hydrogen-bond acceptors (Lipinski definition) is 3. The number of aryl methyl sites for hydroxylation is 1. The number of aliphatic hydroxyl groups excluding tert-OH is 1. The number of carbonyl (C=O) groups excluding carboxylic acids is 1. The first-order chi connectivity index (χ1) is 10.6. The van der Waals surface area contributed by atoms with E-state index in [1.807, 2.05) is 25.1 Å². The number of aliphatic hydroxyl groups is 1.